The maximum absolute atomic E-state index is 11.1. The van der Waals surface area contributed by atoms with Crippen molar-refractivity contribution >= 4 is 28.2 Å². The molecule has 130 valence electrons. The summed E-state index contributed by atoms with van der Waals surface area (Å²) in [6.45, 7) is 0. The van der Waals surface area contributed by atoms with Gasteiger partial charge in [0.05, 0.1) is 17.3 Å². The molecular formula is C20H17N3O2S. The molecule has 1 aliphatic heterocycles. The summed E-state index contributed by atoms with van der Waals surface area (Å²) in [4.78, 5) is 15.6. The van der Waals surface area contributed by atoms with Crippen LogP contribution in [-0.4, -0.2) is 20.6 Å². The molecule has 6 heteroatoms. The van der Waals surface area contributed by atoms with E-state index in [4.69, 9.17) is 5.11 Å². The Morgan fingerprint density at radius 3 is 2.85 bits per heavy atom. The van der Waals surface area contributed by atoms with Gasteiger partial charge >= 0.3 is 5.97 Å². The van der Waals surface area contributed by atoms with Crippen molar-refractivity contribution in [1.82, 2.24) is 9.55 Å². The van der Waals surface area contributed by atoms with Gasteiger partial charge in [-0.2, -0.15) is 5.26 Å². The predicted octanol–water partition coefficient (Wildman–Crippen LogP) is 4.62. The van der Waals surface area contributed by atoms with Crippen LogP contribution in [0.2, 0.25) is 0 Å². The van der Waals surface area contributed by atoms with E-state index in [0.717, 1.165) is 40.1 Å². The lowest BCUT2D eigenvalue weighted by Gasteiger charge is -2.27. The van der Waals surface area contributed by atoms with Crippen LogP contribution in [0.1, 0.15) is 52.7 Å². The van der Waals surface area contributed by atoms with Crippen molar-refractivity contribution in [2.75, 3.05) is 0 Å². The number of rotatable bonds is 3. The molecule has 3 aromatic rings. The number of nitriles is 1. The first-order valence-electron chi connectivity index (χ1n) is 8.93. The molecule has 1 aliphatic carbocycles. The summed E-state index contributed by atoms with van der Waals surface area (Å²) >= 11 is 1.15. The molecule has 1 unspecified atom stereocenters. The topological polar surface area (TPSA) is 78.9 Å². The minimum atomic E-state index is -0.970. The van der Waals surface area contributed by atoms with Gasteiger partial charge in [-0.25, -0.2) is 9.78 Å². The van der Waals surface area contributed by atoms with Crippen LogP contribution in [0.4, 0.5) is 0 Å². The maximum Gasteiger partial charge on any atom is 0.347 e. The van der Waals surface area contributed by atoms with E-state index in [0.29, 0.717) is 16.6 Å². The van der Waals surface area contributed by atoms with E-state index in [1.165, 1.54) is 37.6 Å². The molecule has 0 radical (unpaired) electrons. The molecule has 1 fully saturated rings. The fraction of sp³-hybridized carbons (Fsp3) is 0.350. The Labute approximate surface area is 154 Å². The van der Waals surface area contributed by atoms with Crippen LogP contribution in [0, 0.1) is 17.2 Å². The van der Waals surface area contributed by atoms with Gasteiger partial charge in [0.2, 0.25) is 0 Å². The minimum Gasteiger partial charge on any atom is -0.477 e. The lowest BCUT2D eigenvalue weighted by Crippen LogP contribution is -2.19. The molecule has 1 atom stereocenters. The zero-order valence-electron chi connectivity index (χ0n) is 14.1. The Hall–Kier alpha value is -2.65. The summed E-state index contributed by atoms with van der Waals surface area (Å²) in [7, 11) is 0. The fourth-order valence-corrected chi connectivity index (χ4v) is 5.01. The molecule has 5 rings (SSSR count). The molecule has 2 aliphatic rings. The number of carboxylic acid groups (broad SMARTS) is 1. The van der Waals surface area contributed by atoms with Crippen LogP contribution >= 0.6 is 11.3 Å². The van der Waals surface area contributed by atoms with Crippen LogP contribution in [0.25, 0.3) is 21.5 Å². The van der Waals surface area contributed by atoms with Gasteiger partial charge in [-0.1, -0.05) is 0 Å². The Kier molecular flexibility index (Phi) is 3.41. The molecule has 5 nitrogen and oxygen atoms in total. The first-order chi connectivity index (χ1) is 12.7. The quantitative estimate of drug-likeness (QED) is 0.736. The number of benzene rings is 1. The van der Waals surface area contributed by atoms with E-state index in [1.54, 1.807) is 0 Å². The lowest BCUT2D eigenvalue weighted by atomic mass is 9.99. The van der Waals surface area contributed by atoms with Crippen molar-refractivity contribution in [2.45, 2.75) is 38.1 Å². The first kappa shape index (κ1) is 15.6. The van der Waals surface area contributed by atoms with Gasteiger partial charge in [-0.15, -0.1) is 11.3 Å². The van der Waals surface area contributed by atoms with Crippen molar-refractivity contribution in [3.63, 3.8) is 0 Å². The standard InChI is InChI=1S/C20H17N3O2S/c21-9-14-7-13(19-22-10-17(26-19)20(24)25)6-12-8-15-2-1-3-16(11-4-5-11)23(15)18(12)14/h6-8,10-11,16H,1-5H2,(H,24,25). The molecule has 2 aromatic heterocycles. The predicted molar refractivity (Wildman–Crippen MR) is 99.4 cm³/mol. The number of carbonyl (C=O) groups is 1. The van der Waals surface area contributed by atoms with Crippen LogP contribution in [0.3, 0.4) is 0 Å². The van der Waals surface area contributed by atoms with E-state index in [-0.39, 0.29) is 4.88 Å². The second-order valence-electron chi connectivity index (χ2n) is 7.21. The number of aromatic nitrogens is 2. The van der Waals surface area contributed by atoms with E-state index < -0.39 is 5.97 Å². The van der Waals surface area contributed by atoms with Crippen molar-refractivity contribution in [1.29, 1.82) is 5.26 Å². The molecule has 0 amide bonds. The average Bonchev–Trinajstić information content (AvgIpc) is 3.23. The summed E-state index contributed by atoms with van der Waals surface area (Å²) in [5, 5.41) is 20.6. The maximum atomic E-state index is 11.1. The Bertz CT molecular complexity index is 1080. The normalized spacial score (nSPS) is 19.3. The molecule has 3 heterocycles. The van der Waals surface area contributed by atoms with Gasteiger partial charge in [-0.05, 0) is 56.2 Å². The molecule has 1 saturated carbocycles. The van der Waals surface area contributed by atoms with Crippen LogP contribution in [-0.2, 0) is 6.42 Å². The molecule has 26 heavy (non-hydrogen) atoms. The number of fused-ring (bicyclic) bond motifs is 3. The van der Waals surface area contributed by atoms with Gasteiger partial charge in [0, 0.05) is 22.7 Å². The van der Waals surface area contributed by atoms with Crippen LogP contribution in [0.15, 0.2) is 24.4 Å². The van der Waals surface area contributed by atoms with Crippen molar-refractivity contribution in [3.05, 3.63) is 40.5 Å². The number of thiazole rings is 1. The van der Waals surface area contributed by atoms with Gasteiger partial charge in [0.15, 0.2) is 0 Å². The average molecular weight is 363 g/mol. The number of hydrogen-bond donors (Lipinski definition) is 1. The van der Waals surface area contributed by atoms with Gasteiger partial charge in [0.1, 0.15) is 16.0 Å². The Balaban J connectivity index is 1.70. The highest BCUT2D eigenvalue weighted by Gasteiger charge is 2.36. The second-order valence-corrected chi connectivity index (χ2v) is 8.24. The Morgan fingerprint density at radius 2 is 2.15 bits per heavy atom. The van der Waals surface area contributed by atoms with E-state index in [1.807, 2.05) is 6.07 Å². The van der Waals surface area contributed by atoms with Gasteiger partial charge < -0.3 is 9.67 Å². The molecule has 1 aromatic carbocycles. The number of nitrogens with zero attached hydrogens (tertiary/aromatic N) is 3. The van der Waals surface area contributed by atoms with Gasteiger partial charge in [-0.3, -0.25) is 0 Å². The van der Waals surface area contributed by atoms with Crippen molar-refractivity contribution in [3.8, 4) is 16.6 Å². The fourth-order valence-electron chi connectivity index (χ4n) is 4.26. The SMILES string of the molecule is N#Cc1cc(-c2ncc(C(=O)O)s2)cc2cc3n(c12)C(C1CC1)CCC3. The van der Waals surface area contributed by atoms with E-state index >= 15 is 0 Å². The third-order valence-corrected chi connectivity index (χ3v) is 6.56. The van der Waals surface area contributed by atoms with Crippen LogP contribution in [0.5, 0.6) is 0 Å². The number of carboxylic acids is 1. The monoisotopic (exact) mass is 363 g/mol. The third kappa shape index (κ3) is 2.35. The molecular weight excluding hydrogens is 346 g/mol. The molecule has 0 bridgehead atoms. The number of aryl methyl sites for hydroxylation is 1. The zero-order valence-corrected chi connectivity index (χ0v) is 14.9. The van der Waals surface area contributed by atoms with E-state index in [2.05, 4.69) is 27.8 Å². The van der Waals surface area contributed by atoms with Crippen LogP contribution < -0.4 is 0 Å². The smallest absolute Gasteiger partial charge is 0.347 e. The largest absolute Gasteiger partial charge is 0.477 e. The molecule has 1 N–H and O–H groups in total. The summed E-state index contributed by atoms with van der Waals surface area (Å²) < 4.78 is 2.42. The third-order valence-electron chi connectivity index (χ3n) is 5.53. The van der Waals surface area contributed by atoms with Crippen molar-refractivity contribution in [2.24, 2.45) is 5.92 Å². The summed E-state index contributed by atoms with van der Waals surface area (Å²) in [5.74, 6) is -0.213. The summed E-state index contributed by atoms with van der Waals surface area (Å²) in [5.41, 5.74) is 3.83. The highest BCUT2D eigenvalue weighted by Crippen LogP contribution is 2.47. The second kappa shape index (κ2) is 5.68. The minimum absolute atomic E-state index is 0.212. The summed E-state index contributed by atoms with van der Waals surface area (Å²) in [6.07, 6.45) is 7.43. The number of hydrogen-bond acceptors (Lipinski definition) is 4. The Morgan fingerprint density at radius 1 is 1.31 bits per heavy atom. The highest BCUT2D eigenvalue weighted by molar-refractivity contribution is 7.16. The van der Waals surface area contributed by atoms with E-state index in [9.17, 15) is 10.1 Å². The lowest BCUT2D eigenvalue weighted by molar-refractivity contribution is 0.0702. The summed E-state index contributed by atoms with van der Waals surface area (Å²) in [6, 6.07) is 9.01. The molecule has 0 saturated heterocycles. The number of aromatic carboxylic acids is 1. The zero-order chi connectivity index (χ0) is 17.8. The van der Waals surface area contributed by atoms with Crippen molar-refractivity contribution < 1.29 is 9.90 Å². The highest BCUT2D eigenvalue weighted by atomic mass is 32.1. The van der Waals surface area contributed by atoms with Gasteiger partial charge in [0.25, 0.3) is 0 Å². The first-order valence-corrected chi connectivity index (χ1v) is 9.75. The molecule has 0 spiro atoms.